The summed E-state index contributed by atoms with van der Waals surface area (Å²) in [4.78, 5) is 17.9. The van der Waals surface area contributed by atoms with Crippen LogP contribution in [0.25, 0.3) is 10.2 Å². The Kier molecular flexibility index (Phi) is 6.50. The van der Waals surface area contributed by atoms with Crippen LogP contribution in [0.2, 0.25) is 0 Å². The second-order valence-corrected chi connectivity index (χ2v) is 9.60. The number of thiazole rings is 1. The SMILES string of the molecule is COCCn1c(=NC(=O)c2ccc(NS(=O)(=O)c3ccccc3)cc2)sc2ccccc21. The summed E-state index contributed by atoms with van der Waals surface area (Å²) in [7, 11) is -2.07. The van der Waals surface area contributed by atoms with E-state index in [0.29, 0.717) is 29.2 Å². The molecule has 0 aliphatic rings. The van der Waals surface area contributed by atoms with Gasteiger partial charge < -0.3 is 9.30 Å². The summed E-state index contributed by atoms with van der Waals surface area (Å²) < 4.78 is 35.6. The molecule has 0 bridgehead atoms. The molecule has 4 aromatic rings. The molecule has 1 aromatic heterocycles. The van der Waals surface area contributed by atoms with Crippen LogP contribution in [-0.2, 0) is 21.3 Å². The molecule has 0 saturated heterocycles. The van der Waals surface area contributed by atoms with Crippen molar-refractivity contribution in [2.75, 3.05) is 18.4 Å². The van der Waals surface area contributed by atoms with Gasteiger partial charge in [-0.1, -0.05) is 41.7 Å². The third-order valence-electron chi connectivity index (χ3n) is 4.74. The van der Waals surface area contributed by atoms with Gasteiger partial charge in [-0.05, 0) is 48.5 Å². The molecule has 0 spiro atoms. The minimum Gasteiger partial charge on any atom is -0.383 e. The van der Waals surface area contributed by atoms with Crippen molar-refractivity contribution in [3.05, 3.63) is 89.2 Å². The first kappa shape index (κ1) is 21.9. The fourth-order valence-corrected chi connectivity index (χ4v) is 5.28. The van der Waals surface area contributed by atoms with Crippen molar-refractivity contribution in [2.24, 2.45) is 4.99 Å². The normalized spacial score (nSPS) is 12.2. The highest BCUT2D eigenvalue weighted by molar-refractivity contribution is 7.92. The standard InChI is InChI=1S/C23H21N3O4S2/c1-30-16-15-26-20-9-5-6-10-21(20)31-23(26)24-22(27)17-11-13-18(14-12-17)25-32(28,29)19-7-3-2-4-8-19/h2-14,25H,15-16H2,1H3. The average molecular weight is 468 g/mol. The molecule has 1 amide bonds. The number of anilines is 1. The van der Waals surface area contributed by atoms with Gasteiger partial charge in [-0.2, -0.15) is 4.99 Å². The van der Waals surface area contributed by atoms with E-state index in [2.05, 4.69) is 9.71 Å². The molecule has 32 heavy (non-hydrogen) atoms. The van der Waals surface area contributed by atoms with E-state index in [4.69, 9.17) is 4.74 Å². The Morgan fingerprint density at radius 2 is 1.69 bits per heavy atom. The Hall–Kier alpha value is -3.27. The zero-order chi connectivity index (χ0) is 22.6. The molecule has 7 nitrogen and oxygen atoms in total. The number of aromatic nitrogens is 1. The van der Waals surface area contributed by atoms with Crippen LogP contribution in [0.3, 0.4) is 0 Å². The monoisotopic (exact) mass is 467 g/mol. The van der Waals surface area contributed by atoms with Gasteiger partial charge in [0.1, 0.15) is 0 Å². The molecule has 0 aliphatic heterocycles. The second kappa shape index (κ2) is 9.47. The maximum atomic E-state index is 12.8. The number of nitrogens with one attached hydrogen (secondary N) is 1. The number of ether oxygens (including phenoxy) is 1. The van der Waals surface area contributed by atoms with Gasteiger partial charge in [0.2, 0.25) is 0 Å². The van der Waals surface area contributed by atoms with Crippen LogP contribution in [0, 0.1) is 0 Å². The van der Waals surface area contributed by atoms with E-state index >= 15 is 0 Å². The molecule has 0 atom stereocenters. The Morgan fingerprint density at radius 3 is 2.41 bits per heavy atom. The molecule has 0 fully saturated rings. The number of hydrogen-bond donors (Lipinski definition) is 1. The van der Waals surface area contributed by atoms with Gasteiger partial charge in [0.25, 0.3) is 15.9 Å². The number of carbonyl (C=O) groups is 1. The summed E-state index contributed by atoms with van der Waals surface area (Å²) in [6.45, 7) is 1.07. The third kappa shape index (κ3) is 4.80. The van der Waals surface area contributed by atoms with Crippen LogP contribution >= 0.6 is 11.3 Å². The minimum absolute atomic E-state index is 0.167. The molecule has 0 saturated carbocycles. The van der Waals surface area contributed by atoms with E-state index in [-0.39, 0.29) is 4.90 Å². The minimum atomic E-state index is -3.70. The Bertz CT molecular complexity index is 1410. The Morgan fingerprint density at radius 1 is 1.00 bits per heavy atom. The first-order chi connectivity index (χ1) is 15.5. The number of amides is 1. The van der Waals surface area contributed by atoms with Crippen molar-refractivity contribution in [1.82, 2.24) is 4.57 Å². The summed E-state index contributed by atoms with van der Waals surface area (Å²) in [6.07, 6.45) is 0. The summed E-state index contributed by atoms with van der Waals surface area (Å²) in [5, 5.41) is 0. The number of nitrogens with zero attached hydrogens (tertiary/aromatic N) is 2. The predicted molar refractivity (Wildman–Crippen MR) is 125 cm³/mol. The molecule has 4 rings (SSSR count). The predicted octanol–water partition coefficient (Wildman–Crippen LogP) is 3.89. The van der Waals surface area contributed by atoms with Crippen LogP contribution in [0.1, 0.15) is 10.4 Å². The molecule has 1 N–H and O–H groups in total. The number of sulfonamides is 1. The van der Waals surface area contributed by atoms with E-state index < -0.39 is 15.9 Å². The number of benzene rings is 3. The average Bonchev–Trinajstić information content (AvgIpc) is 3.15. The van der Waals surface area contributed by atoms with Crippen molar-refractivity contribution in [1.29, 1.82) is 0 Å². The highest BCUT2D eigenvalue weighted by atomic mass is 32.2. The van der Waals surface area contributed by atoms with Gasteiger partial charge >= 0.3 is 0 Å². The fourth-order valence-electron chi connectivity index (χ4n) is 3.15. The first-order valence-electron chi connectivity index (χ1n) is 9.82. The zero-order valence-electron chi connectivity index (χ0n) is 17.3. The third-order valence-corrected chi connectivity index (χ3v) is 7.20. The lowest BCUT2D eigenvalue weighted by molar-refractivity contribution is 0.0997. The maximum Gasteiger partial charge on any atom is 0.279 e. The van der Waals surface area contributed by atoms with Gasteiger partial charge in [0.15, 0.2) is 4.80 Å². The molecule has 0 radical (unpaired) electrons. The molecule has 1 heterocycles. The number of methoxy groups -OCH3 is 1. The molecule has 0 aliphatic carbocycles. The largest absolute Gasteiger partial charge is 0.383 e. The number of hydrogen-bond acceptors (Lipinski definition) is 5. The van der Waals surface area contributed by atoms with Gasteiger partial charge in [0, 0.05) is 24.9 Å². The number of rotatable bonds is 7. The molecule has 164 valence electrons. The number of fused-ring (bicyclic) bond motifs is 1. The number of carbonyl (C=O) groups excluding carboxylic acids is 1. The van der Waals surface area contributed by atoms with Crippen molar-refractivity contribution >= 4 is 43.2 Å². The smallest absolute Gasteiger partial charge is 0.279 e. The Balaban J connectivity index is 1.59. The Labute approximate surface area is 189 Å². The second-order valence-electron chi connectivity index (χ2n) is 6.91. The van der Waals surface area contributed by atoms with Crippen LogP contribution in [0.5, 0.6) is 0 Å². The van der Waals surface area contributed by atoms with Gasteiger partial charge in [0.05, 0.1) is 21.7 Å². The van der Waals surface area contributed by atoms with Crippen LogP contribution in [0.15, 0.2) is 88.8 Å². The zero-order valence-corrected chi connectivity index (χ0v) is 18.9. The van der Waals surface area contributed by atoms with Crippen molar-refractivity contribution in [3.63, 3.8) is 0 Å². The van der Waals surface area contributed by atoms with E-state index in [1.165, 1.54) is 23.5 Å². The fraction of sp³-hybridized carbons (Fsp3) is 0.130. The van der Waals surface area contributed by atoms with Gasteiger partial charge in [-0.25, -0.2) is 8.42 Å². The van der Waals surface area contributed by atoms with E-state index in [1.807, 2.05) is 28.8 Å². The van der Waals surface area contributed by atoms with E-state index in [9.17, 15) is 13.2 Å². The van der Waals surface area contributed by atoms with Gasteiger partial charge in [-0.3, -0.25) is 9.52 Å². The lowest BCUT2D eigenvalue weighted by atomic mass is 10.2. The van der Waals surface area contributed by atoms with Crippen molar-refractivity contribution in [2.45, 2.75) is 11.4 Å². The topological polar surface area (TPSA) is 89.8 Å². The van der Waals surface area contributed by atoms with Crippen LogP contribution in [-0.4, -0.2) is 32.6 Å². The first-order valence-corrected chi connectivity index (χ1v) is 12.1. The summed E-state index contributed by atoms with van der Waals surface area (Å²) in [6, 6.07) is 22.2. The highest BCUT2D eigenvalue weighted by Crippen LogP contribution is 2.18. The lowest BCUT2D eigenvalue weighted by Gasteiger charge is -2.08. The van der Waals surface area contributed by atoms with E-state index in [0.717, 1.165) is 10.2 Å². The molecule has 3 aromatic carbocycles. The summed E-state index contributed by atoms with van der Waals surface area (Å²) in [5.41, 5.74) is 1.72. The van der Waals surface area contributed by atoms with Crippen molar-refractivity contribution < 1.29 is 17.9 Å². The summed E-state index contributed by atoms with van der Waals surface area (Å²) >= 11 is 1.43. The molecular formula is C23H21N3O4S2. The molecule has 0 unspecified atom stereocenters. The van der Waals surface area contributed by atoms with Crippen LogP contribution < -0.4 is 9.52 Å². The number of para-hydroxylation sites is 1. The quantitative estimate of drug-likeness (QED) is 0.447. The molecular weight excluding hydrogens is 446 g/mol. The lowest BCUT2D eigenvalue weighted by Crippen LogP contribution is -2.19. The summed E-state index contributed by atoms with van der Waals surface area (Å²) in [5.74, 6) is -0.403. The maximum absolute atomic E-state index is 12.8. The van der Waals surface area contributed by atoms with E-state index in [1.54, 1.807) is 49.6 Å². The van der Waals surface area contributed by atoms with Gasteiger partial charge in [-0.15, -0.1) is 0 Å². The molecule has 9 heteroatoms. The van der Waals surface area contributed by atoms with Crippen molar-refractivity contribution in [3.8, 4) is 0 Å². The van der Waals surface area contributed by atoms with Crippen LogP contribution in [0.4, 0.5) is 5.69 Å². The highest BCUT2D eigenvalue weighted by Gasteiger charge is 2.14.